The number of aromatic amines is 1. The Labute approximate surface area is 355 Å². The van der Waals surface area contributed by atoms with Gasteiger partial charge in [-0.25, -0.2) is 19.3 Å². The Morgan fingerprint density at radius 1 is 1.17 bits per heavy atom. The number of amides is 3. The third kappa shape index (κ3) is 16.3. The number of aryl methyl sites for hydroxylation is 2. The monoisotopic (exact) mass is 860 g/mol. The molecule has 1 saturated carbocycles. The van der Waals surface area contributed by atoms with Crippen LogP contribution in [0.3, 0.4) is 0 Å². The standard InChI is InChI=1S/C16H19N3O2.C13H24N2O3S.C7H13NO3.C6H12N2O/c1-5-19-12-8-6-7-11(14(12)18-16(19)20)15-17-13(9(2)3)10(4)21-15;1-4-5-6-7-8-9-11-10-12(11)13(16)14-19(17,18)15(2)3;1-7(2,3)11-6(10)8-4-5-9;1-8-4-2-3-5(8)6(7)9/h6-9H,5H2,1-4H3,(H,18,20);8-9,11-12H,4-7,10H2,1-3H3,(H,14,16);5H,4H2,1-3H3,(H,8,10);5H,2-4H2,1H3,(H2,7,9)/b;9-8-;;. The number of nitrogens with zero attached hydrogens (tertiary/aromatic N) is 4. The molecule has 1 aliphatic heterocycles. The molecular formula is C42H68N8O9S. The number of rotatable bonds is 14. The number of imidazole rings is 1. The number of nitrogens with two attached hydrogens (primary N) is 1. The zero-order valence-electron chi connectivity index (χ0n) is 37.3. The summed E-state index contributed by atoms with van der Waals surface area (Å²) in [7, 11) is 1.08. The molecule has 2 aromatic heterocycles. The van der Waals surface area contributed by atoms with Crippen LogP contribution >= 0.6 is 0 Å². The number of likely N-dealkylation sites (tertiary alicyclic amines) is 1. The fraction of sp³-hybridized carbons (Fsp3) is 0.619. The zero-order valence-corrected chi connectivity index (χ0v) is 38.1. The van der Waals surface area contributed by atoms with Crippen molar-refractivity contribution in [2.45, 2.75) is 124 Å². The number of oxazole rings is 1. The largest absolute Gasteiger partial charge is 0.444 e. The van der Waals surface area contributed by atoms with E-state index in [-0.39, 0.29) is 36.0 Å². The van der Waals surface area contributed by atoms with Crippen LogP contribution in [0.2, 0.25) is 0 Å². The number of unbranched alkanes of at least 4 members (excludes halogenated alkanes) is 3. The smallest absolute Gasteiger partial charge is 0.408 e. The molecule has 2 aliphatic rings. The van der Waals surface area contributed by atoms with Gasteiger partial charge in [-0.2, -0.15) is 12.7 Å². The van der Waals surface area contributed by atoms with Crippen LogP contribution in [0.1, 0.15) is 111 Å². The number of carbonyl (C=O) groups is 4. The highest BCUT2D eigenvalue weighted by atomic mass is 32.2. The summed E-state index contributed by atoms with van der Waals surface area (Å²) in [6.45, 7) is 17.1. The number of alkyl carbamates (subject to hydrolysis) is 1. The molecule has 0 bridgehead atoms. The lowest BCUT2D eigenvalue weighted by Crippen LogP contribution is -2.40. The molecule has 0 radical (unpaired) electrons. The molecule has 3 atom stereocenters. The highest BCUT2D eigenvalue weighted by Gasteiger charge is 2.42. The van der Waals surface area contributed by atoms with Crippen molar-refractivity contribution in [1.82, 2.24) is 33.8 Å². The van der Waals surface area contributed by atoms with Crippen LogP contribution in [0.5, 0.6) is 0 Å². The van der Waals surface area contributed by atoms with E-state index in [9.17, 15) is 32.4 Å². The molecule has 60 heavy (non-hydrogen) atoms. The Morgan fingerprint density at radius 2 is 1.85 bits per heavy atom. The third-order valence-corrected chi connectivity index (χ3v) is 11.0. The van der Waals surface area contributed by atoms with Gasteiger partial charge in [0.15, 0.2) is 0 Å². The number of allylic oxidation sites excluding steroid dienone is 2. The quantitative estimate of drug-likeness (QED) is 0.0912. The molecule has 5 rings (SSSR count). The van der Waals surface area contributed by atoms with E-state index in [1.165, 1.54) is 33.4 Å². The first-order valence-corrected chi connectivity index (χ1v) is 22.0. The molecule has 5 N–H and O–H groups in total. The number of nitrogens with one attached hydrogen (secondary N) is 3. The van der Waals surface area contributed by atoms with Crippen LogP contribution < -0.4 is 21.5 Å². The summed E-state index contributed by atoms with van der Waals surface area (Å²) in [5.74, 6) is 1.14. The Hall–Kier alpha value is -4.81. The topological polar surface area (TPSA) is 232 Å². The number of para-hydroxylation sites is 1. The fourth-order valence-electron chi connectivity index (χ4n) is 6.25. The minimum absolute atomic E-state index is 0.00463. The normalized spacial score (nSPS) is 17.6. The van der Waals surface area contributed by atoms with Crippen LogP contribution in [-0.2, 0) is 35.9 Å². The lowest BCUT2D eigenvalue weighted by atomic mass is 10.1. The number of benzene rings is 1. The summed E-state index contributed by atoms with van der Waals surface area (Å²) < 4.78 is 38.4. The minimum atomic E-state index is -3.65. The summed E-state index contributed by atoms with van der Waals surface area (Å²) in [6.07, 6.45) is 11.6. The average Bonchev–Trinajstić information content (AvgIpc) is 3.42. The molecule has 0 spiro atoms. The van der Waals surface area contributed by atoms with Gasteiger partial charge in [0, 0.05) is 26.6 Å². The second-order valence-electron chi connectivity index (χ2n) is 16.3. The van der Waals surface area contributed by atoms with Crippen LogP contribution in [0.4, 0.5) is 4.79 Å². The molecule has 336 valence electrons. The molecule has 1 saturated heterocycles. The SMILES string of the molecule is CC(C)(C)OC(=O)NCC=O.CCCCC/C=C\C1CC1C(=O)NS(=O)(=O)N(C)C.CCn1c(=O)[nH]c2c(-c3nc(C(C)C)c(C)o3)cccc21.CN1CCCC1C(N)=O. The Morgan fingerprint density at radius 3 is 2.35 bits per heavy atom. The van der Waals surface area contributed by atoms with Gasteiger partial charge in [-0.05, 0) is 104 Å². The summed E-state index contributed by atoms with van der Waals surface area (Å²) in [4.78, 5) is 64.3. The van der Waals surface area contributed by atoms with Gasteiger partial charge in [-0.1, -0.05) is 51.8 Å². The Balaban J connectivity index is 0.000000292. The second-order valence-corrected chi connectivity index (χ2v) is 18.1. The zero-order chi connectivity index (χ0) is 45.4. The molecular weight excluding hydrogens is 793 g/mol. The number of primary amides is 1. The number of carbonyl (C=O) groups excluding carboxylic acids is 4. The fourth-order valence-corrected chi connectivity index (χ4v) is 6.83. The summed E-state index contributed by atoms with van der Waals surface area (Å²) in [5.41, 5.74) is 7.94. The molecule has 3 unspecified atom stereocenters. The van der Waals surface area contributed by atoms with E-state index in [4.69, 9.17) is 14.9 Å². The summed E-state index contributed by atoms with van der Waals surface area (Å²) in [6, 6.07) is 5.78. The van der Waals surface area contributed by atoms with Gasteiger partial charge in [0.1, 0.15) is 17.6 Å². The van der Waals surface area contributed by atoms with E-state index in [0.717, 1.165) is 64.6 Å². The maximum absolute atomic E-state index is 12.0. The average molecular weight is 861 g/mol. The number of H-pyrrole nitrogens is 1. The van der Waals surface area contributed by atoms with Crippen molar-refractivity contribution in [2.24, 2.45) is 17.6 Å². The highest BCUT2D eigenvalue weighted by Crippen LogP contribution is 2.40. The number of likely N-dealkylation sites (N-methyl/N-ethyl adjacent to an activating group) is 1. The van der Waals surface area contributed by atoms with E-state index < -0.39 is 27.8 Å². The van der Waals surface area contributed by atoms with Crippen LogP contribution in [0, 0.1) is 18.8 Å². The number of hydrogen-bond acceptors (Lipinski definition) is 11. The third-order valence-electron chi connectivity index (χ3n) is 9.56. The van der Waals surface area contributed by atoms with Crippen molar-refractivity contribution < 1.29 is 36.7 Å². The van der Waals surface area contributed by atoms with Crippen molar-refractivity contribution in [3.8, 4) is 11.5 Å². The number of fused-ring (bicyclic) bond motifs is 1. The molecule has 1 aromatic carbocycles. The number of ether oxygens (including phenoxy) is 1. The van der Waals surface area contributed by atoms with E-state index in [1.54, 1.807) is 25.3 Å². The van der Waals surface area contributed by atoms with Crippen LogP contribution in [0.15, 0.2) is 39.6 Å². The Kier molecular flexibility index (Phi) is 20.4. The summed E-state index contributed by atoms with van der Waals surface area (Å²) >= 11 is 0. The van der Waals surface area contributed by atoms with E-state index in [0.29, 0.717) is 24.6 Å². The van der Waals surface area contributed by atoms with E-state index >= 15 is 0 Å². The lowest BCUT2D eigenvalue weighted by Gasteiger charge is -2.18. The first kappa shape index (κ1) is 51.3. The molecule has 1 aliphatic carbocycles. The van der Waals surface area contributed by atoms with Crippen LogP contribution in [0.25, 0.3) is 22.5 Å². The van der Waals surface area contributed by atoms with Crippen molar-refractivity contribution in [3.05, 3.63) is 52.3 Å². The van der Waals surface area contributed by atoms with Gasteiger partial charge in [0.2, 0.25) is 17.7 Å². The van der Waals surface area contributed by atoms with Crippen molar-refractivity contribution in [1.29, 1.82) is 0 Å². The van der Waals surface area contributed by atoms with Crippen LogP contribution in [-0.4, -0.2) is 102 Å². The summed E-state index contributed by atoms with van der Waals surface area (Å²) in [5, 5.41) is 2.26. The van der Waals surface area contributed by atoms with Gasteiger partial charge >= 0.3 is 22.0 Å². The first-order valence-electron chi connectivity index (χ1n) is 20.6. The van der Waals surface area contributed by atoms with E-state index in [2.05, 4.69) is 46.9 Å². The van der Waals surface area contributed by atoms with Gasteiger partial charge in [-0.15, -0.1) is 0 Å². The van der Waals surface area contributed by atoms with Gasteiger partial charge < -0.3 is 30.0 Å². The number of aromatic nitrogens is 3. The molecule has 3 heterocycles. The number of aldehydes is 1. The van der Waals surface area contributed by atoms with Crippen molar-refractivity contribution >= 4 is 45.4 Å². The number of hydrogen-bond donors (Lipinski definition) is 4. The van der Waals surface area contributed by atoms with Gasteiger partial charge in [0.25, 0.3) is 0 Å². The molecule has 3 aromatic rings. The minimum Gasteiger partial charge on any atom is -0.444 e. The maximum Gasteiger partial charge on any atom is 0.408 e. The molecule has 18 heteroatoms. The predicted octanol–water partition coefficient (Wildman–Crippen LogP) is 5.39. The van der Waals surface area contributed by atoms with Gasteiger partial charge in [-0.3, -0.25) is 19.1 Å². The van der Waals surface area contributed by atoms with Crippen molar-refractivity contribution in [2.75, 3.05) is 34.2 Å². The van der Waals surface area contributed by atoms with Crippen molar-refractivity contribution in [3.63, 3.8) is 0 Å². The van der Waals surface area contributed by atoms with Gasteiger partial charge in [0.05, 0.1) is 34.9 Å². The Bertz CT molecular complexity index is 2060. The second kappa shape index (κ2) is 23.8. The molecule has 3 amide bonds. The molecule has 2 fully saturated rings. The van der Waals surface area contributed by atoms with E-state index in [1.807, 2.05) is 50.1 Å². The highest BCUT2D eigenvalue weighted by molar-refractivity contribution is 7.87. The predicted molar refractivity (Wildman–Crippen MR) is 233 cm³/mol. The maximum atomic E-state index is 12.0. The molecule has 17 nitrogen and oxygen atoms in total. The first-order chi connectivity index (χ1) is 28.1. The lowest BCUT2D eigenvalue weighted by molar-refractivity contribution is -0.122.